The van der Waals surface area contributed by atoms with Crippen LogP contribution in [-0.2, 0) is 38.8 Å². The van der Waals surface area contributed by atoms with Gasteiger partial charge in [0.05, 0.1) is 45.0 Å². The molecule has 0 aliphatic carbocycles. The van der Waals surface area contributed by atoms with Gasteiger partial charge in [0, 0.05) is 6.54 Å². The van der Waals surface area contributed by atoms with Crippen molar-refractivity contribution >= 4 is 5.91 Å². The molecule has 3 aromatic rings. The molecule has 5 heteroatoms. The molecule has 5 nitrogen and oxygen atoms in total. The van der Waals surface area contributed by atoms with E-state index < -0.39 is 0 Å². The lowest BCUT2D eigenvalue weighted by Gasteiger charge is -2.44. The molecule has 1 aliphatic rings. The smallest absolute Gasteiger partial charge is 0.225 e. The van der Waals surface area contributed by atoms with Gasteiger partial charge in [-0.1, -0.05) is 91.0 Å². The number of likely N-dealkylation sites (tertiary alicyclic amines) is 1. The van der Waals surface area contributed by atoms with E-state index in [1.54, 1.807) is 0 Å². The number of amides is 1. The van der Waals surface area contributed by atoms with Crippen LogP contribution < -0.4 is 0 Å². The van der Waals surface area contributed by atoms with Crippen LogP contribution >= 0.6 is 0 Å². The molecule has 1 amide bonds. The molecular weight excluding hydrogens is 426 g/mol. The lowest BCUT2D eigenvalue weighted by atomic mass is 9.95. The molecule has 1 aliphatic heterocycles. The van der Waals surface area contributed by atoms with E-state index in [-0.39, 0.29) is 24.2 Å². The van der Waals surface area contributed by atoms with Crippen LogP contribution in [0.25, 0.3) is 0 Å². The van der Waals surface area contributed by atoms with E-state index in [1.807, 2.05) is 103 Å². The van der Waals surface area contributed by atoms with Gasteiger partial charge in [-0.3, -0.25) is 4.79 Å². The summed E-state index contributed by atoms with van der Waals surface area (Å²) in [4.78, 5) is 14.9. The molecule has 1 fully saturated rings. The van der Waals surface area contributed by atoms with Gasteiger partial charge >= 0.3 is 0 Å². The highest BCUT2D eigenvalue weighted by Gasteiger charge is 2.43. The molecule has 0 spiro atoms. The van der Waals surface area contributed by atoms with Gasteiger partial charge in [0.15, 0.2) is 0 Å². The molecule has 0 aromatic heterocycles. The molecular formula is C29H33NO4. The first-order chi connectivity index (χ1) is 16.7. The van der Waals surface area contributed by atoms with Gasteiger partial charge in [0.1, 0.15) is 6.10 Å². The SMILES string of the molecule is CCN1C(=O)C[C@@H](OCc2ccccc2)[C@H](OCc2ccccc2)[C@H]1COCc1ccccc1. The van der Waals surface area contributed by atoms with Crippen molar-refractivity contribution < 1.29 is 19.0 Å². The van der Waals surface area contributed by atoms with Crippen molar-refractivity contribution in [3.8, 4) is 0 Å². The lowest BCUT2D eigenvalue weighted by molar-refractivity contribution is -0.176. The Morgan fingerprint density at radius 1 is 0.735 bits per heavy atom. The molecule has 1 saturated heterocycles. The van der Waals surface area contributed by atoms with Gasteiger partial charge in [-0.2, -0.15) is 0 Å². The third kappa shape index (κ3) is 6.54. The second-order valence-corrected chi connectivity index (χ2v) is 8.55. The van der Waals surface area contributed by atoms with Crippen LogP contribution in [0, 0.1) is 0 Å². The van der Waals surface area contributed by atoms with E-state index in [1.165, 1.54) is 0 Å². The molecule has 0 unspecified atom stereocenters. The number of hydrogen-bond donors (Lipinski definition) is 0. The van der Waals surface area contributed by atoms with Crippen molar-refractivity contribution in [2.45, 2.75) is 51.4 Å². The topological polar surface area (TPSA) is 48.0 Å². The molecule has 178 valence electrons. The third-order valence-electron chi connectivity index (χ3n) is 6.18. The van der Waals surface area contributed by atoms with Gasteiger partial charge in [-0.15, -0.1) is 0 Å². The van der Waals surface area contributed by atoms with Crippen molar-refractivity contribution in [2.75, 3.05) is 13.2 Å². The second-order valence-electron chi connectivity index (χ2n) is 8.55. The number of hydrogen-bond acceptors (Lipinski definition) is 4. The third-order valence-corrected chi connectivity index (χ3v) is 6.18. The fourth-order valence-electron chi connectivity index (χ4n) is 4.40. The molecule has 0 radical (unpaired) electrons. The Morgan fingerprint density at radius 3 is 1.76 bits per heavy atom. The van der Waals surface area contributed by atoms with E-state index in [0.29, 0.717) is 39.4 Å². The van der Waals surface area contributed by atoms with Crippen LogP contribution in [0.4, 0.5) is 0 Å². The Labute approximate surface area is 202 Å². The van der Waals surface area contributed by atoms with E-state index in [2.05, 4.69) is 0 Å². The van der Waals surface area contributed by atoms with Gasteiger partial charge < -0.3 is 19.1 Å². The molecule has 0 N–H and O–H groups in total. The number of carbonyl (C=O) groups excluding carboxylic acids is 1. The predicted octanol–water partition coefficient (Wildman–Crippen LogP) is 4.99. The van der Waals surface area contributed by atoms with Crippen molar-refractivity contribution in [3.63, 3.8) is 0 Å². The summed E-state index contributed by atoms with van der Waals surface area (Å²) >= 11 is 0. The zero-order valence-corrected chi connectivity index (χ0v) is 19.7. The summed E-state index contributed by atoms with van der Waals surface area (Å²) in [6.45, 7) is 4.38. The van der Waals surface area contributed by atoms with Crippen LogP contribution in [0.1, 0.15) is 30.0 Å². The number of rotatable bonds is 11. The first-order valence-corrected chi connectivity index (χ1v) is 12.0. The predicted molar refractivity (Wildman–Crippen MR) is 132 cm³/mol. The summed E-state index contributed by atoms with van der Waals surface area (Å²) in [5.41, 5.74) is 3.27. The van der Waals surface area contributed by atoms with Crippen LogP contribution in [0.5, 0.6) is 0 Å². The van der Waals surface area contributed by atoms with E-state index in [4.69, 9.17) is 14.2 Å². The number of piperidine rings is 1. The zero-order valence-electron chi connectivity index (χ0n) is 19.7. The lowest BCUT2D eigenvalue weighted by Crippen LogP contribution is -2.60. The Morgan fingerprint density at radius 2 is 1.24 bits per heavy atom. The fraction of sp³-hybridized carbons (Fsp3) is 0.345. The first-order valence-electron chi connectivity index (χ1n) is 12.0. The van der Waals surface area contributed by atoms with Gasteiger partial charge in [-0.05, 0) is 23.6 Å². The minimum Gasteiger partial charge on any atom is -0.375 e. The molecule has 34 heavy (non-hydrogen) atoms. The molecule has 0 bridgehead atoms. The van der Waals surface area contributed by atoms with Crippen molar-refractivity contribution in [2.24, 2.45) is 0 Å². The van der Waals surface area contributed by atoms with Gasteiger partial charge in [-0.25, -0.2) is 0 Å². The Kier molecular flexibility index (Phi) is 8.85. The molecule has 3 aromatic carbocycles. The zero-order chi connectivity index (χ0) is 23.6. The van der Waals surface area contributed by atoms with E-state index in [9.17, 15) is 4.79 Å². The van der Waals surface area contributed by atoms with Crippen LogP contribution in [0.2, 0.25) is 0 Å². The van der Waals surface area contributed by atoms with Gasteiger partial charge in [0.25, 0.3) is 0 Å². The number of ether oxygens (including phenoxy) is 3. The highest BCUT2D eigenvalue weighted by molar-refractivity contribution is 5.78. The maximum Gasteiger partial charge on any atom is 0.225 e. The normalized spacial score (nSPS) is 20.4. The summed E-state index contributed by atoms with van der Waals surface area (Å²) in [6, 6.07) is 30.0. The molecule has 1 heterocycles. The monoisotopic (exact) mass is 459 g/mol. The highest BCUT2D eigenvalue weighted by Crippen LogP contribution is 2.27. The maximum absolute atomic E-state index is 13.0. The Bertz CT molecular complexity index is 996. The Hall–Kier alpha value is -2.99. The van der Waals surface area contributed by atoms with Crippen molar-refractivity contribution in [1.29, 1.82) is 0 Å². The Balaban J connectivity index is 1.49. The summed E-state index contributed by atoms with van der Waals surface area (Å²) < 4.78 is 18.9. The number of likely N-dealkylation sites (N-methyl/N-ethyl adjacent to an activating group) is 1. The van der Waals surface area contributed by atoms with E-state index in [0.717, 1.165) is 16.7 Å². The van der Waals surface area contributed by atoms with Crippen molar-refractivity contribution in [1.82, 2.24) is 4.90 Å². The molecule has 4 rings (SSSR count). The van der Waals surface area contributed by atoms with Crippen LogP contribution in [0.3, 0.4) is 0 Å². The maximum atomic E-state index is 13.0. The largest absolute Gasteiger partial charge is 0.375 e. The minimum atomic E-state index is -0.343. The standard InChI is InChI=1S/C29H33NO4/c1-2-30-26(22-32-19-23-12-6-3-7-13-23)29(34-21-25-16-10-5-11-17-25)27(18-28(30)31)33-20-24-14-8-4-9-15-24/h3-17,26-27,29H,2,18-22H2,1H3/t26-,27-,29-/m1/s1. The summed E-state index contributed by atoms with van der Waals surface area (Å²) in [5.74, 6) is 0.0773. The molecule has 3 atom stereocenters. The van der Waals surface area contributed by atoms with Gasteiger partial charge in [0.2, 0.25) is 5.91 Å². The highest BCUT2D eigenvalue weighted by atomic mass is 16.5. The second kappa shape index (κ2) is 12.5. The number of carbonyl (C=O) groups is 1. The summed E-state index contributed by atoms with van der Waals surface area (Å²) in [7, 11) is 0. The number of nitrogens with zero attached hydrogens (tertiary/aromatic N) is 1. The quantitative estimate of drug-likeness (QED) is 0.405. The minimum absolute atomic E-state index is 0.0773. The van der Waals surface area contributed by atoms with Crippen molar-refractivity contribution in [3.05, 3.63) is 108 Å². The van der Waals surface area contributed by atoms with Crippen LogP contribution in [-0.4, -0.2) is 42.2 Å². The fourth-order valence-corrected chi connectivity index (χ4v) is 4.40. The average Bonchev–Trinajstić information content (AvgIpc) is 2.89. The average molecular weight is 460 g/mol. The summed E-state index contributed by atoms with van der Waals surface area (Å²) in [6.07, 6.45) is -0.336. The van der Waals surface area contributed by atoms with Crippen LogP contribution in [0.15, 0.2) is 91.0 Å². The first kappa shape index (κ1) is 24.1. The molecule has 0 saturated carbocycles. The van der Waals surface area contributed by atoms with E-state index >= 15 is 0 Å². The number of benzene rings is 3. The summed E-state index contributed by atoms with van der Waals surface area (Å²) in [5, 5.41) is 0.